The highest BCUT2D eigenvalue weighted by molar-refractivity contribution is 5.84. The van der Waals surface area contributed by atoms with Crippen LogP contribution < -0.4 is 4.74 Å². The minimum Gasteiger partial charge on any atom is -0.481 e. The van der Waals surface area contributed by atoms with Crippen molar-refractivity contribution in [3.05, 3.63) is 101 Å². The Hall–Kier alpha value is -4.18. The third-order valence-corrected chi connectivity index (χ3v) is 8.87. The number of halogens is 3. The molecule has 5 rings (SSSR count). The van der Waals surface area contributed by atoms with E-state index in [1.807, 2.05) is 31.2 Å². The van der Waals surface area contributed by atoms with Crippen LogP contribution in [0, 0.1) is 13.8 Å². The number of β-amino-alcohol motifs (C(OH)–C–C–N with tert-alkyl or cyclic N) is 1. The number of benzene rings is 4. The summed E-state index contributed by atoms with van der Waals surface area (Å²) in [4.78, 5) is 13.1. The molecule has 0 bridgehead atoms. The van der Waals surface area contributed by atoms with Gasteiger partial charge < -0.3 is 20.1 Å². The second-order valence-electron chi connectivity index (χ2n) is 12.3. The summed E-state index contributed by atoms with van der Waals surface area (Å²) in [6.07, 6.45) is -5.18. The number of hydrogen-bond donors (Lipinski definition) is 3. The van der Waals surface area contributed by atoms with Gasteiger partial charge in [0.05, 0.1) is 18.6 Å². The van der Waals surface area contributed by atoms with Crippen molar-refractivity contribution >= 4 is 5.97 Å². The summed E-state index contributed by atoms with van der Waals surface area (Å²) in [7, 11) is 0. The summed E-state index contributed by atoms with van der Waals surface area (Å²) in [5.41, 5.74) is 9.06. The molecule has 2 atom stereocenters. The van der Waals surface area contributed by atoms with Gasteiger partial charge in [-0.1, -0.05) is 72.8 Å². The number of aliphatic carboxylic acids is 1. The third-order valence-electron chi connectivity index (χ3n) is 8.87. The fourth-order valence-electron chi connectivity index (χ4n) is 6.46. The van der Waals surface area contributed by atoms with Crippen LogP contribution in [0.25, 0.3) is 33.4 Å². The molecule has 0 aromatic heterocycles. The zero-order chi connectivity index (χ0) is 33.7. The molecule has 3 N–H and O–H groups in total. The van der Waals surface area contributed by atoms with E-state index < -0.39 is 24.9 Å². The summed E-state index contributed by atoms with van der Waals surface area (Å²) in [6, 6.07) is 25.2. The van der Waals surface area contributed by atoms with Gasteiger partial charge in [0.2, 0.25) is 0 Å². The fourth-order valence-corrected chi connectivity index (χ4v) is 6.46. The highest BCUT2D eigenvalue weighted by Gasteiger charge is 2.32. The highest BCUT2D eigenvalue weighted by Crippen LogP contribution is 2.39. The SMILES string of the molecule is Cc1c(-c2ccc(CN3CC[C@@H](O)C3)cc2)cccc1-c1cccc(-c2ccc(CCC[C@@H](O)CC(=O)O)c(OC(F)(F)F)c2)c1C. The second-order valence-corrected chi connectivity index (χ2v) is 12.3. The average molecular weight is 648 g/mol. The number of hydrogen-bond acceptors (Lipinski definition) is 5. The Morgan fingerprint density at radius 1 is 0.915 bits per heavy atom. The van der Waals surface area contributed by atoms with Gasteiger partial charge in [0, 0.05) is 19.6 Å². The van der Waals surface area contributed by atoms with E-state index in [1.54, 1.807) is 12.1 Å². The van der Waals surface area contributed by atoms with Crippen molar-refractivity contribution < 1.29 is 38.0 Å². The van der Waals surface area contributed by atoms with Crippen molar-refractivity contribution in [2.45, 2.75) is 71.1 Å². The molecule has 6 nitrogen and oxygen atoms in total. The number of ether oxygens (including phenoxy) is 1. The lowest BCUT2D eigenvalue weighted by Crippen LogP contribution is -2.21. The molecular formula is C38H40F3NO5. The number of carboxylic acids is 1. The molecule has 9 heteroatoms. The molecule has 1 fully saturated rings. The third kappa shape index (κ3) is 8.80. The topological polar surface area (TPSA) is 90.2 Å². The molecule has 0 radical (unpaired) electrons. The van der Waals surface area contributed by atoms with Crippen LogP contribution in [0.3, 0.4) is 0 Å². The number of alkyl halides is 3. The number of nitrogens with zero attached hydrogens (tertiary/aromatic N) is 1. The van der Waals surface area contributed by atoms with Crippen LogP contribution >= 0.6 is 0 Å². The van der Waals surface area contributed by atoms with Crippen LogP contribution in [0.4, 0.5) is 13.2 Å². The van der Waals surface area contributed by atoms with Gasteiger partial charge in [-0.15, -0.1) is 13.2 Å². The maximum Gasteiger partial charge on any atom is 0.573 e. The highest BCUT2D eigenvalue weighted by atomic mass is 19.4. The predicted octanol–water partition coefficient (Wildman–Crippen LogP) is 7.93. The van der Waals surface area contributed by atoms with Gasteiger partial charge in [-0.05, 0) is 101 Å². The van der Waals surface area contributed by atoms with E-state index in [0.717, 1.165) is 58.5 Å². The zero-order valence-corrected chi connectivity index (χ0v) is 26.6. The Bertz CT molecular complexity index is 1700. The lowest BCUT2D eigenvalue weighted by Gasteiger charge is -2.19. The molecular weight excluding hydrogens is 607 g/mol. The molecule has 1 aliphatic rings. The van der Waals surface area contributed by atoms with Crippen LogP contribution in [-0.4, -0.2) is 57.8 Å². The minimum absolute atomic E-state index is 0.146. The zero-order valence-electron chi connectivity index (χ0n) is 26.6. The predicted molar refractivity (Wildman–Crippen MR) is 176 cm³/mol. The fraction of sp³-hybridized carbons (Fsp3) is 0.342. The standard InChI is InChI=1S/C38H40F3NO5/c1-24-32(27-14-12-26(13-15-27)22-42-19-18-31(44)23-42)8-4-10-34(24)35-11-5-9-33(25(35)2)29-17-16-28(36(20-29)47-38(39,40)41)6-3-7-30(43)21-37(45)46/h4-5,8-17,20,30-31,43-44H,3,6-7,18-19,21-23H2,1-2H3,(H,45,46)/t30-,31-/m1/s1. The molecule has 0 unspecified atom stereocenters. The quantitative estimate of drug-likeness (QED) is 0.145. The van der Waals surface area contributed by atoms with Crippen molar-refractivity contribution in [2.24, 2.45) is 0 Å². The number of carbonyl (C=O) groups is 1. The summed E-state index contributed by atoms with van der Waals surface area (Å²) in [5.74, 6) is -1.44. The van der Waals surface area contributed by atoms with E-state index in [-0.39, 0.29) is 24.7 Å². The maximum atomic E-state index is 13.4. The van der Waals surface area contributed by atoms with Crippen LogP contribution in [0.1, 0.15) is 47.9 Å². The van der Waals surface area contributed by atoms with E-state index in [1.165, 1.54) is 11.6 Å². The molecule has 1 heterocycles. The van der Waals surface area contributed by atoms with Crippen molar-refractivity contribution in [1.82, 2.24) is 4.90 Å². The van der Waals surface area contributed by atoms with Crippen LogP contribution in [-0.2, 0) is 17.8 Å². The summed E-state index contributed by atoms with van der Waals surface area (Å²) >= 11 is 0. The molecule has 0 amide bonds. The summed E-state index contributed by atoms with van der Waals surface area (Å²) in [6.45, 7) is 6.43. The smallest absolute Gasteiger partial charge is 0.481 e. The summed E-state index contributed by atoms with van der Waals surface area (Å²) < 4.78 is 44.7. The molecule has 1 saturated heterocycles. The molecule has 0 saturated carbocycles. The van der Waals surface area contributed by atoms with Gasteiger partial charge in [0.15, 0.2) is 0 Å². The maximum absolute atomic E-state index is 13.4. The molecule has 47 heavy (non-hydrogen) atoms. The number of likely N-dealkylation sites (tertiary alicyclic amines) is 1. The second kappa shape index (κ2) is 14.7. The van der Waals surface area contributed by atoms with Crippen molar-refractivity contribution in [1.29, 1.82) is 0 Å². The first-order chi connectivity index (χ1) is 22.4. The van der Waals surface area contributed by atoms with Gasteiger partial charge in [-0.3, -0.25) is 9.69 Å². The van der Waals surface area contributed by atoms with Crippen LogP contribution in [0.2, 0.25) is 0 Å². The Morgan fingerprint density at radius 3 is 2.09 bits per heavy atom. The van der Waals surface area contributed by atoms with Gasteiger partial charge in [-0.25, -0.2) is 0 Å². The Labute approximate surface area is 273 Å². The molecule has 0 aliphatic carbocycles. The molecule has 0 spiro atoms. The Morgan fingerprint density at radius 2 is 1.51 bits per heavy atom. The van der Waals surface area contributed by atoms with Gasteiger partial charge >= 0.3 is 12.3 Å². The molecule has 4 aromatic carbocycles. The monoisotopic (exact) mass is 647 g/mol. The number of aliphatic hydroxyl groups is 2. The van der Waals surface area contributed by atoms with E-state index in [9.17, 15) is 28.2 Å². The Balaban J connectivity index is 1.40. The minimum atomic E-state index is -4.89. The van der Waals surface area contributed by atoms with Crippen molar-refractivity contribution in [3.8, 4) is 39.1 Å². The normalized spacial score (nSPS) is 15.9. The van der Waals surface area contributed by atoms with Crippen LogP contribution in [0.5, 0.6) is 5.75 Å². The number of aliphatic hydroxyl groups excluding tert-OH is 2. The molecule has 248 valence electrons. The lowest BCUT2D eigenvalue weighted by molar-refractivity contribution is -0.274. The van der Waals surface area contributed by atoms with Gasteiger partial charge in [0.1, 0.15) is 5.75 Å². The number of rotatable bonds is 12. The van der Waals surface area contributed by atoms with Gasteiger partial charge in [0.25, 0.3) is 0 Å². The number of aryl methyl sites for hydroxylation is 1. The largest absolute Gasteiger partial charge is 0.573 e. The average Bonchev–Trinajstić information content (AvgIpc) is 3.42. The first kappa shape index (κ1) is 34.2. The summed E-state index contributed by atoms with van der Waals surface area (Å²) in [5, 5.41) is 28.6. The van der Waals surface area contributed by atoms with E-state index in [0.29, 0.717) is 24.1 Å². The van der Waals surface area contributed by atoms with E-state index in [4.69, 9.17) is 5.11 Å². The van der Waals surface area contributed by atoms with E-state index in [2.05, 4.69) is 53.0 Å². The number of carboxylic acid groups (broad SMARTS) is 1. The first-order valence-electron chi connectivity index (χ1n) is 15.9. The van der Waals surface area contributed by atoms with E-state index >= 15 is 0 Å². The molecule has 1 aliphatic heterocycles. The molecule has 4 aromatic rings. The first-order valence-corrected chi connectivity index (χ1v) is 15.9. The lowest BCUT2D eigenvalue weighted by atomic mass is 9.87. The van der Waals surface area contributed by atoms with Crippen molar-refractivity contribution in [3.63, 3.8) is 0 Å². The Kier molecular flexibility index (Phi) is 10.7. The van der Waals surface area contributed by atoms with Gasteiger partial charge in [-0.2, -0.15) is 0 Å². The van der Waals surface area contributed by atoms with Crippen LogP contribution in [0.15, 0.2) is 78.9 Å². The van der Waals surface area contributed by atoms with Crippen molar-refractivity contribution in [2.75, 3.05) is 13.1 Å².